The molecule has 0 saturated carbocycles. The molecule has 1 nitrogen and oxygen atoms in total. The van der Waals surface area contributed by atoms with Gasteiger partial charge in [0.1, 0.15) is 5.75 Å². The van der Waals surface area contributed by atoms with Gasteiger partial charge in [-0.05, 0) is 60.3 Å². The van der Waals surface area contributed by atoms with Crippen molar-refractivity contribution >= 4 is 19.9 Å². The first-order chi connectivity index (χ1) is 10.5. The van der Waals surface area contributed by atoms with Crippen molar-refractivity contribution in [3.63, 3.8) is 0 Å². The molecular weight excluding hydrogens is 320 g/mol. The molecule has 124 valence electrons. The van der Waals surface area contributed by atoms with Crippen molar-refractivity contribution < 1.29 is 4.43 Å². The molecule has 0 fully saturated rings. The summed E-state index contributed by atoms with van der Waals surface area (Å²) in [6.07, 6.45) is 0. The molecule has 0 heterocycles. The number of halogens is 1. The Morgan fingerprint density at radius 2 is 1.57 bits per heavy atom. The van der Waals surface area contributed by atoms with Crippen molar-refractivity contribution in [2.24, 2.45) is 0 Å². The van der Waals surface area contributed by atoms with Crippen LogP contribution in [0.15, 0.2) is 36.4 Å². The molecule has 3 heteroatoms. The van der Waals surface area contributed by atoms with E-state index in [0.717, 1.165) is 16.3 Å². The molecule has 23 heavy (non-hydrogen) atoms. The van der Waals surface area contributed by atoms with Crippen LogP contribution in [0, 0.1) is 13.8 Å². The van der Waals surface area contributed by atoms with Crippen molar-refractivity contribution in [1.82, 2.24) is 0 Å². The van der Waals surface area contributed by atoms with E-state index in [2.05, 4.69) is 78.0 Å². The van der Waals surface area contributed by atoms with Crippen molar-refractivity contribution in [1.29, 1.82) is 0 Å². The first-order valence-corrected chi connectivity index (χ1v) is 11.4. The van der Waals surface area contributed by atoms with Gasteiger partial charge < -0.3 is 4.43 Å². The average Bonchev–Trinajstić information content (AvgIpc) is 2.44. The molecule has 0 bridgehead atoms. The SMILES string of the molecule is Cc1cc(O[Si](C)(C)C(C)(C)C)c(Cl)c(C)c1-c1ccccc1. The molecule has 0 saturated heterocycles. The summed E-state index contributed by atoms with van der Waals surface area (Å²) in [7, 11) is -1.90. The Bertz CT molecular complexity index is 700. The maximum absolute atomic E-state index is 6.67. The number of hydrogen-bond acceptors (Lipinski definition) is 1. The molecule has 0 N–H and O–H groups in total. The van der Waals surface area contributed by atoms with Crippen LogP contribution >= 0.6 is 11.6 Å². The minimum Gasteiger partial charge on any atom is -0.542 e. The van der Waals surface area contributed by atoms with Crippen LogP contribution in [0.4, 0.5) is 0 Å². The fourth-order valence-electron chi connectivity index (χ4n) is 2.47. The average molecular weight is 347 g/mol. The van der Waals surface area contributed by atoms with Crippen LogP contribution in [0.5, 0.6) is 5.75 Å². The van der Waals surface area contributed by atoms with Crippen LogP contribution in [0.25, 0.3) is 11.1 Å². The number of benzene rings is 2. The van der Waals surface area contributed by atoms with Crippen molar-refractivity contribution in [3.8, 4) is 16.9 Å². The lowest BCUT2D eigenvalue weighted by atomic mass is 9.95. The van der Waals surface area contributed by atoms with Crippen molar-refractivity contribution in [3.05, 3.63) is 52.5 Å². The van der Waals surface area contributed by atoms with E-state index < -0.39 is 8.32 Å². The minimum absolute atomic E-state index is 0.149. The highest BCUT2D eigenvalue weighted by Gasteiger charge is 2.39. The predicted octanol–water partition coefficient (Wildman–Crippen LogP) is 7.01. The summed E-state index contributed by atoms with van der Waals surface area (Å²) in [5.41, 5.74) is 4.69. The van der Waals surface area contributed by atoms with Gasteiger partial charge in [-0.25, -0.2) is 0 Å². The van der Waals surface area contributed by atoms with Gasteiger partial charge in [-0.1, -0.05) is 62.7 Å². The summed E-state index contributed by atoms with van der Waals surface area (Å²) in [5.74, 6) is 0.827. The molecule has 0 amide bonds. The molecule has 0 radical (unpaired) electrons. The van der Waals surface area contributed by atoms with E-state index in [0.29, 0.717) is 0 Å². The largest absolute Gasteiger partial charge is 0.542 e. The standard InChI is InChI=1S/C20H27ClOSi/c1-14-13-17(22-23(6,7)20(3,4)5)19(21)15(2)18(14)16-11-9-8-10-12-16/h8-13H,1-7H3. The number of rotatable bonds is 3. The third-order valence-corrected chi connectivity index (χ3v) is 9.71. The molecule has 0 aliphatic rings. The molecule has 2 rings (SSSR count). The normalized spacial score (nSPS) is 12.3. The third-order valence-electron chi connectivity index (χ3n) is 4.90. The molecular formula is C20H27ClOSi. The first kappa shape index (κ1) is 18.1. The van der Waals surface area contributed by atoms with Crippen LogP contribution in [0.3, 0.4) is 0 Å². The van der Waals surface area contributed by atoms with E-state index >= 15 is 0 Å². The lowest BCUT2D eigenvalue weighted by Crippen LogP contribution is -2.44. The zero-order valence-electron chi connectivity index (χ0n) is 15.3. The Labute approximate surface area is 146 Å². The first-order valence-electron chi connectivity index (χ1n) is 8.09. The van der Waals surface area contributed by atoms with Gasteiger partial charge >= 0.3 is 0 Å². The monoisotopic (exact) mass is 346 g/mol. The van der Waals surface area contributed by atoms with E-state index in [1.54, 1.807) is 0 Å². The van der Waals surface area contributed by atoms with Gasteiger partial charge in [0.05, 0.1) is 5.02 Å². The second-order valence-corrected chi connectivity index (χ2v) is 12.8. The van der Waals surface area contributed by atoms with Gasteiger partial charge in [0.15, 0.2) is 0 Å². The second-order valence-electron chi connectivity index (χ2n) is 7.73. The number of hydrogen-bond donors (Lipinski definition) is 0. The van der Waals surface area contributed by atoms with E-state index in [1.165, 1.54) is 16.7 Å². The van der Waals surface area contributed by atoms with Gasteiger partial charge in [0, 0.05) is 0 Å². The maximum Gasteiger partial charge on any atom is 0.250 e. The van der Waals surface area contributed by atoms with Crippen LogP contribution < -0.4 is 4.43 Å². The molecule has 0 spiro atoms. The molecule has 2 aromatic carbocycles. The van der Waals surface area contributed by atoms with Gasteiger partial charge in [-0.15, -0.1) is 0 Å². The van der Waals surface area contributed by atoms with E-state index in [9.17, 15) is 0 Å². The third kappa shape index (κ3) is 3.64. The minimum atomic E-state index is -1.90. The van der Waals surface area contributed by atoms with E-state index in [4.69, 9.17) is 16.0 Å². The molecule has 0 aromatic heterocycles. The maximum atomic E-state index is 6.67. The van der Waals surface area contributed by atoms with Gasteiger partial charge in [0.2, 0.25) is 0 Å². The lowest BCUT2D eigenvalue weighted by Gasteiger charge is -2.37. The number of aryl methyl sites for hydroxylation is 1. The topological polar surface area (TPSA) is 9.23 Å². The summed E-state index contributed by atoms with van der Waals surface area (Å²) < 4.78 is 6.46. The Morgan fingerprint density at radius 3 is 2.09 bits per heavy atom. The van der Waals surface area contributed by atoms with E-state index in [-0.39, 0.29) is 5.04 Å². The van der Waals surface area contributed by atoms with Gasteiger partial charge in [-0.3, -0.25) is 0 Å². The Balaban J connectivity index is 2.51. The summed E-state index contributed by atoms with van der Waals surface area (Å²) >= 11 is 6.67. The molecule has 0 atom stereocenters. The predicted molar refractivity (Wildman–Crippen MR) is 104 cm³/mol. The fourth-order valence-corrected chi connectivity index (χ4v) is 3.74. The highest BCUT2D eigenvalue weighted by atomic mass is 35.5. The lowest BCUT2D eigenvalue weighted by molar-refractivity contribution is 0.492. The van der Waals surface area contributed by atoms with Gasteiger partial charge in [0.25, 0.3) is 8.32 Å². The molecule has 2 aromatic rings. The highest BCUT2D eigenvalue weighted by molar-refractivity contribution is 6.74. The smallest absolute Gasteiger partial charge is 0.250 e. The van der Waals surface area contributed by atoms with Gasteiger partial charge in [-0.2, -0.15) is 0 Å². The Hall–Kier alpha value is -1.25. The molecule has 0 unspecified atom stereocenters. The quantitative estimate of drug-likeness (QED) is 0.543. The fraction of sp³-hybridized carbons (Fsp3) is 0.400. The van der Waals surface area contributed by atoms with Crippen molar-refractivity contribution in [2.75, 3.05) is 0 Å². The summed E-state index contributed by atoms with van der Waals surface area (Å²) in [4.78, 5) is 0. The molecule has 0 aliphatic heterocycles. The van der Waals surface area contributed by atoms with Crippen LogP contribution in [-0.2, 0) is 0 Å². The second kappa shape index (κ2) is 6.33. The summed E-state index contributed by atoms with van der Waals surface area (Å²) in [6.45, 7) is 15.4. The Kier molecular flexibility index (Phi) is 4.98. The van der Waals surface area contributed by atoms with Crippen LogP contribution in [0.1, 0.15) is 31.9 Å². The van der Waals surface area contributed by atoms with E-state index in [1.807, 2.05) is 6.07 Å². The Morgan fingerprint density at radius 1 is 1.00 bits per heavy atom. The zero-order valence-corrected chi connectivity index (χ0v) is 17.0. The van der Waals surface area contributed by atoms with Crippen LogP contribution in [0.2, 0.25) is 23.2 Å². The van der Waals surface area contributed by atoms with Crippen LogP contribution in [-0.4, -0.2) is 8.32 Å². The highest BCUT2D eigenvalue weighted by Crippen LogP contribution is 2.43. The zero-order chi connectivity index (χ0) is 17.4. The summed E-state index contributed by atoms with van der Waals surface area (Å²) in [5, 5.41) is 0.884. The van der Waals surface area contributed by atoms with Crippen molar-refractivity contribution in [2.45, 2.75) is 52.8 Å². The summed E-state index contributed by atoms with van der Waals surface area (Å²) in [6, 6.07) is 12.5. The molecule has 0 aliphatic carbocycles.